The van der Waals surface area contributed by atoms with E-state index in [4.69, 9.17) is 4.98 Å². The highest BCUT2D eigenvalue weighted by Crippen LogP contribution is 2.56. The van der Waals surface area contributed by atoms with Crippen LogP contribution < -0.4 is 10.2 Å². The van der Waals surface area contributed by atoms with Crippen molar-refractivity contribution in [3.8, 4) is 0 Å². The zero-order valence-electron chi connectivity index (χ0n) is 16.1. The summed E-state index contributed by atoms with van der Waals surface area (Å²) in [6.07, 6.45) is 10.9. The molecule has 146 valence electrons. The molecule has 6 rings (SSSR count). The van der Waals surface area contributed by atoms with Gasteiger partial charge in [0.15, 0.2) is 5.13 Å². The van der Waals surface area contributed by atoms with Gasteiger partial charge in [0.25, 0.3) is 0 Å². The molecule has 4 bridgehead atoms. The van der Waals surface area contributed by atoms with Gasteiger partial charge in [0, 0.05) is 49.4 Å². The average Bonchev–Trinajstić information content (AvgIpc) is 3.42. The molecule has 2 aliphatic carbocycles. The smallest absolute Gasteiger partial charge is 0.223 e. The molecule has 4 fully saturated rings. The molecule has 5 nitrogen and oxygen atoms in total. The Balaban J connectivity index is 1.17. The van der Waals surface area contributed by atoms with Crippen LogP contribution in [0.2, 0.25) is 0 Å². The number of anilines is 1. The van der Waals surface area contributed by atoms with Crippen LogP contribution in [0.5, 0.6) is 0 Å². The molecule has 0 spiro atoms. The zero-order valence-corrected chi connectivity index (χ0v) is 16.9. The van der Waals surface area contributed by atoms with E-state index in [0.717, 1.165) is 44.9 Å². The number of rotatable bonds is 3. The maximum Gasteiger partial charge on any atom is 0.223 e. The van der Waals surface area contributed by atoms with Crippen molar-refractivity contribution < 1.29 is 4.79 Å². The van der Waals surface area contributed by atoms with Gasteiger partial charge in [-0.25, -0.2) is 4.98 Å². The van der Waals surface area contributed by atoms with E-state index < -0.39 is 0 Å². The van der Waals surface area contributed by atoms with Crippen LogP contribution in [-0.2, 0) is 17.8 Å². The van der Waals surface area contributed by atoms with E-state index in [1.165, 1.54) is 60.6 Å². The van der Waals surface area contributed by atoms with Crippen LogP contribution in [0.25, 0.3) is 0 Å². The summed E-state index contributed by atoms with van der Waals surface area (Å²) in [6.45, 7) is 3.85. The molecule has 2 saturated heterocycles. The number of amides is 1. The summed E-state index contributed by atoms with van der Waals surface area (Å²) >= 11 is 1.86. The molecule has 6 heteroatoms. The van der Waals surface area contributed by atoms with Gasteiger partial charge in [-0.3, -0.25) is 4.79 Å². The van der Waals surface area contributed by atoms with Crippen LogP contribution in [0.1, 0.15) is 61.9 Å². The number of fused-ring (bicyclic) bond motifs is 5. The first kappa shape index (κ1) is 16.8. The van der Waals surface area contributed by atoms with Crippen LogP contribution in [-0.4, -0.2) is 47.5 Å². The topological polar surface area (TPSA) is 48.5 Å². The third-order valence-electron chi connectivity index (χ3n) is 8.09. The standard InChI is InChI=1S/C21H30N4OS/c26-19(10-21-6-3-14(9-21)4-7-21)24-8-5-17-18(13-24)27-20(23-17)25-15-1-2-16(25)12-22-11-15/h14-16,22H,1-13H2. The third kappa shape index (κ3) is 2.74. The minimum Gasteiger partial charge on any atom is -0.340 e. The molecule has 3 aliphatic heterocycles. The molecule has 0 aromatic carbocycles. The van der Waals surface area contributed by atoms with Crippen molar-refractivity contribution >= 4 is 22.4 Å². The first-order valence-electron chi connectivity index (χ1n) is 10.9. The molecule has 2 saturated carbocycles. The molecule has 1 aromatic heterocycles. The molecule has 27 heavy (non-hydrogen) atoms. The fraction of sp³-hybridized carbons (Fsp3) is 0.810. The van der Waals surface area contributed by atoms with E-state index in [-0.39, 0.29) is 0 Å². The Morgan fingerprint density at radius 1 is 1.19 bits per heavy atom. The lowest BCUT2D eigenvalue weighted by Crippen LogP contribution is -2.51. The predicted octanol–water partition coefficient (Wildman–Crippen LogP) is 2.94. The van der Waals surface area contributed by atoms with Crippen LogP contribution in [0, 0.1) is 11.3 Å². The second-order valence-electron chi connectivity index (χ2n) is 9.71. The first-order valence-corrected chi connectivity index (χ1v) is 11.8. The Morgan fingerprint density at radius 2 is 1.96 bits per heavy atom. The quantitative estimate of drug-likeness (QED) is 0.868. The molecule has 4 heterocycles. The first-order chi connectivity index (χ1) is 13.2. The second-order valence-corrected chi connectivity index (χ2v) is 10.8. The van der Waals surface area contributed by atoms with Gasteiger partial charge in [0.1, 0.15) is 0 Å². The maximum atomic E-state index is 13.1. The molecule has 1 aromatic rings. The number of hydrogen-bond donors (Lipinski definition) is 1. The van der Waals surface area contributed by atoms with Gasteiger partial charge in [0.05, 0.1) is 12.2 Å². The van der Waals surface area contributed by atoms with Crippen LogP contribution in [0.15, 0.2) is 0 Å². The lowest BCUT2D eigenvalue weighted by molar-refractivity contribution is -0.134. The number of nitrogens with zero attached hydrogens (tertiary/aromatic N) is 3. The van der Waals surface area contributed by atoms with Gasteiger partial charge in [-0.15, -0.1) is 0 Å². The molecule has 0 radical (unpaired) electrons. The van der Waals surface area contributed by atoms with E-state index in [2.05, 4.69) is 15.1 Å². The van der Waals surface area contributed by atoms with E-state index in [9.17, 15) is 4.79 Å². The van der Waals surface area contributed by atoms with Crippen molar-refractivity contribution in [2.45, 2.75) is 76.4 Å². The summed E-state index contributed by atoms with van der Waals surface area (Å²) in [5, 5.41) is 4.78. The van der Waals surface area contributed by atoms with Crippen LogP contribution in [0.4, 0.5) is 5.13 Å². The number of aromatic nitrogens is 1. The highest BCUT2D eigenvalue weighted by molar-refractivity contribution is 7.15. The Morgan fingerprint density at radius 3 is 2.67 bits per heavy atom. The highest BCUT2D eigenvalue weighted by atomic mass is 32.1. The maximum absolute atomic E-state index is 13.1. The van der Waals surface area contributed by atoms with Gasteiger partial charge < -0.3 is 15.1 Å². The minimum atomic E-state index is 0.362. The lowest BCUT2D eigenvalue weighted by Gasteiger charge is -2.35. The van der Waals surface area contributed by atoms with Crippen molar-refractivity contribution in [2.24, 2.45) is 11.3 Å². The second kappa shape index (κ2) is 6.18. The number of carbonyl (C=O) groups excluding carboxylic acids is 1. The fourth-order valence-electron chi connectivity index (χ4n) is 6.59. The summed E-state index contributed by atoms with van der Waals surface area (Å²) in [6, 6.07) is 1.23. The van der Waals surface area contributed by atoms with Gasteiger partial charge >= 0.3 is 0 Å². The fourth-order valence-corrected chi connectivity index (χ4v) is 7.85. The van der Waals surface area contributed by atoms with Crippen molar-refractivity contribution in [3.05, 3.63) is 10.6 Å². The summed E-state index contributed by atoms with van der Waals surface area (Å²) in [4.78, 5) is 24.2. The molecule has 5 aliphatic rings. The molecular formula is C21H30N4OS. The van der Waals surface area contributed by atoms with Crippen molar-refractivity contribution in [3.63, 3.8) is 0 Å². The van der Waals surface area contributed by atoms with E-state index in [1.54, 1.807) is 0 Å². The van der Waals surface area contributed by atoms with Crippen molar-refractivity contribution in [1.29, 1.82) is 0 Å². The Bertz CT molecular complexity index is 737. The summed E-state index contributed by atoms with van der Waals surface area (Å²) < 4.78 is 0. The van der Waals surface area contributed by atoms with Gasteiger partial charge in [-0.2, -0.15) is 0 Å². The molecule has 2 atom stereocenters. The highest BCUT2D eigenvalue weighted by Gasteiger charge is 2.46. The van der Waals surface area contributed by atoms with E-state index in [1.807, 2.05) is 11.3 Å². The SMILES string of the molecule is O=C(CC12CCC(CC1)C2)N1CCc2nc(N3C4CCC3CNC4)sc2C1. The molecule has 2 unspecified atom stereocenters. The summed E-state index contributed by atoms with van der Waals surface area (Å²) in [5.74, 6) is 1.32. The minimum absolute atomic E-state index is 0.362. The van der Waals surface area contributed by atoms with E-state index >= 15 is 0 Å². The normalized spacial score (nSPS) is 37.1. The van der Waals surface area contributed by atoms with Gasteiger partial charge in [-0.05, 0) is 56.3 Å². The molecular weight excluding hydrogens is 356 g/mol. The lowest BCUT2D eigenvalue weighted by atomic mass is 9.80. The Kier molecular flexibility index (Phi) is 3.84. The number of thiazole rings is 1. The molecule has 1 N–H and O–H groups in total. The number of hydrogen-bond acceptors (Lipinski definition) is 5. The van der Waals surface area contributed by atoms with Crippen LogP contribution >= 0.6 is 11.3 Å². The monoisotopic (exact) mass is 386 g/mol. The summed E-state index contributed by atoms with van der Waals surface area (Å²) in [7, 11) is 0. The van der Waals surface area contributed by atoms with Gasteiger partial charge in [-0.1, -0.05) is 11.3 Å². The molecule has 1 amide bonds. The Labute approximate surface area is 165 Å². The number of nitrogens with one attached hydrogen (secondary N) is 1. The largest absolute Gasteiger partial charge is 0.340 e. The predicted molar refractivity (Wildman–Crippen MR) is 107 cm³/mol. The van der Waals surface area contributed by atoms with Crippen molar-refractivity contribution in [2.75, 3.05) is 24.5 Å². The number of piperazine rings is 1. The summed E-state index contributed by atoms with van der Waals surface area (Å²) in [5.41, 5.74) is 1.62. The van der Waals surface area contributed by atoms with E-state index in [0.29, 0.717) is 23.4 Å². The zero-order chi connectivity index (χ0) is 18.0. The van der Waals surface area contributed by atoms with Crippen LogP contribution in [0.3, 0.4) is 0 Å². The van der Waals surface area contributed by atoms with Gasteiger partial charge in [0.2, 0.25) is 5.91 Å². The third-order valence-corrected chi connectivity index (χ3v) is 9.18. The average molecular weight is 387 g/mol. The van der Waals surface area contributed by atoms with Crippen molar-refractivity contribution in [1.82, 2.24) is 15.2 Å². The number of carbonyl (C=O) groups is 1. The Hall–Kier alpha value is -1.14.